The molecule has 1 rings (SSSR count). The maximum absolute atomic E-state index is 3.64. The molecule has 2 unspecified atom stereocenters. The Morgan fingerprint density at radius 1 is 1.18 bits per heavy atom. The van der Waals surface area contributed by atoms with Gasteiger partial charge in [-0.05, 0) is 50.6 Å². The molecule has 0 radical (unpaired) electrons. The van der Waals surface area contributed by atoms with Crippen molar-refractivity contribution in [3.63, 3.8) is 0 Å². The first kappa shape index (κ1) is 14.6. The molecule has 0 aromatic carbocycles. The van der Waals surface area contributed by atoms with Crippen LogP contribution in [0.2, 0.25) is 0 Å². The first-order valence-electron chi connectivity index (χ1n) is 7.34. The Balaban J connectivity index is 2.28. The minimum Gasteiger partial charge on any atom is -0.316 e. The molecule has 1 fully saturated rings. The van der Waals surface area contributed by atoms with E-state index in [1.165, 1.54) is 38.6 Å². The molecule has 0 aliphatic heterocycles. The van der Waals surface area contributed by atoms with Crippen LogP contribution in [0.1, 0.15) is 59.3 Å². The highest BCUT2D eigenvalue weighted by atomic mass is 14.9. The van der Waals surface area contributed by atoms with Gasteiger partial charge in [-0.3, -0.25) is 0 Å². The van der Waals surface area contributed by atoms with Crippen molar-refractivity contribution in [2.24, 2.45) is 17.8 Å². The zero-order valence-electron chi connectivity index (χ0n) is 11.9. The molecule has 0 spiro atoms. The van der Waals surface area contributed by atoms with E-state index in [9.17, 15) is 0 Å². The van der Waals surface area contributed by atoms with Gasteiger partial charge in [-0.1, -0.05) is 33.1 Å². The first-order chi connectivity index (χ1) is 8.24. The molecule has 1 aliphatic carbocycles. The van der Waals surface area contributed by atoms with Gasteiger partial charge in [0.15, 0.2) is 0 Å². The third-order valence-electron chi connectivity index (χ3n) is 3.84. The summed E-state index contributed by atoms with van der Waals surface area (Å²) >= 11 is 0. The fraction of sp³-hybridized carbons (Fsp3) is 0.875. The smallest absolute Gasteiger partial charge is 0.00913 e. The number of nitrogens with one attached hydrogen (secondary N) is 1. The maximum atomic E-state index is 3.64. The predicted octanol–water partition coefficient (Wildman–Crippen LogP) is 3.84. The molecule has 17 heavy (non-hydrogen) atoms. The molecule has 2 atom stereocenters. The van der Waals surface area contributed by atoms with Crippen LogP contribution < -0.4 is 5.32 Å². The van der Waals surface area contributed by atoms with Crippen LogP contribution in [0.4, 0.5) is 0 Å². The lowest BCUT2D eigenvalue weighted by Crippen LogP contribution is -2.32. The molecule has 1 nitrogen and oxygen atoms in total. The van der Waals surface area contributed by atoms with E-state index in [-0.39, 0.29) is 0 Å². The van der Waals surface area contributed by atoms with Gasteiger partial charge in [-0.25, -0.2) is 0 Å². The Morgan fingerprint density at radius 3 is 2.53 bits per heavy atom. The summed E-state index contributed by atoms with van der Waals surface area (Å²) in [4.78, 5) is 0. The summed E-state index contributed by atoms with van der Waals surface area (Å²) in [7, 11) is 0. The van der Waals surface area contributed by atoms with E-state index in [2.05, 4.69) is 31.0 Å². The molecule has 0 saturated heterocycles. The van der Waals surface area contributed by atoms with Crippen LogP contribution >= 0.6 is 0 Å². The summed E-state index contributed by atoms with van der Waals surface area (Å²) in [6.45, 7) is 8.90. The summed E-state index contributed by atoms with van der Waals surface area (Å²) < 4.78 is 0. The van der Waals surface area contributed by atoms with Crippen LogP contribution in [0.15, 0.2) is 0 Å². The standard InChI is InChI=1S/C16H29N/c1-4-5-6-9-15-10-7-8-11-16(15)13-17-12-14(2)3/h14-17H,6-13H2,1-3H3. The lowest BCUT2D eigenvalue weighted by Gasteiger charge is -2.31. The summed E-state index contributed by atoms with van der Waals surface area (Å²) in [6.07, 6.45) is 8.14. The Morgan fingerprint density at radius 2 is 1.88 bits per heavy atom. The molecule has 1 N–H and O–H groups in total. The van der Waals surface area contributed by atoms with Crippen LogP contribution in [-0.4, -0.2) is 13.1 Å². The quantitative estimate of drug-likeness (QED) is 0.690. The van der Waals surface area contributed by atoms with Gasteiger partial charge in [0, 0.05) is 6.42 Å². The average Bonchev–Trinajstić information content (AvgIpc) is 2.31. The molecule has 1 heteroatoms. The molecule has 0 aromatic heterocycles. The summed E-state index contributed by atoms with van der Waals surface area (Å²) in [5.74, 6) is 8.83. The van der Waals surface area contributed by atoms with Crippen molar-refractivity contribution in [1.82, 2.24) is 5.32 Å². The van der Waals surface area contributed by atoms with Gasteiger partial charge >= 0.3 is 0 Å². The lowest BCUT2D eigenvalue weighted by molar-refractivity contribution is 0.218. The molecule has 0 bridgehead atoms. The van der Waals surface area contributed by atoms with E-state index in [1.807, 2.05) is 6.92 Å². The Labute approximate surface area is 108 Å². The van der Waals surface area contributed by atoms with Crippen LogP contribution in [0.5, 0.6) is 0 Å². The van der Waals surface area contributed by atoms with Crippen molar-refractivity contribution in [3.8, 4) is 11.8 Å². The molecule has 1 aliphatic rings. The van der Waals surface area contributed by atoms with Crippen LogP contribution in [0, 0.1) is 29.6 Å². The summed E-state index contributed by atoms with van der Waals surface area (Å²) in [5.41, 5.74) is 0. The van der Waals surface area contributed by atoms with Crippen molar-refractivity contribution in [2.75, 3.05) is 13.1 Å². The van der Waals surface area contributed by atoms with E-state index in [0.717, 1.165) is 30.7 Å². The predicted molar refractivity (Wildman–Crippen MR) is 75.8 cm³/mol. The maximum Gasteiger partial charge on any atom is 0.00913 e. The second-order valence-electron chi connectivity index (χ2n) is 5.82. The Hall–Kier alpha value is -0.480. The molecular weight excluding hydrogens is 206 g/mol. The van der Waals surface area contributed by atoms with Gasteiger partial charge in [0.1, 0.15) is 0 Å². The van der Waals surface area contributed by atoms with Crippen LogP contribution in [-0.2, 0) is 0 Å². The number of hydrogen-bond donors (Lipinski definition) is 1. The lowest BCUT2D eigenvalue weighted by atomic mass is 9.77. The highest BCUT2D eigenvalue weighted by molar-refractivity contribution is 4.95. The monoisotopic (exact) mass is 235 g/mol. The third-order valence-corrected chi connectivity index (χ3v) is 3.84. The minimum absolute atomic E-state index is 0.767. The van der Waals surface area contributed by atoms with Crippen molar-refractivity contribution in [3.05, 3.63) is 0 Å². The van der Waals surface area contributed by atoms with E-state index in [4.69, 9.17) is 0 Å². The fourth-order valence-electron chi connectivity index (χ4n) is 2.87. The minimum atomic E-state index is 0.767. The largest absolute Gasteiger partial charge is 0.316 e. The molecule has 0 aromatic rings. The SMILES string of the molecule is CC#CCCC1CCCCC1CNCC(C)C. The molecule has 0 heterocycles. The van der Waals surface area contributed by atoms with Crippen molar-refractivity contribution in [1.29, 1.82) is 0 Å². The average molecular weight is 235 g/mol. The normalized spacial score (nSPS) is 24.5. The van der Waals surface area contributed by atoms with Crippen LogP contribution in [0.3, 0.4) is 0 Å². The molecule has 98 valence electrons. The molecule has 0 amide bonds. The van der Waals surface area contributed by atoms with E-state index < -0.39 is 0 Å². The summed E-state index contributed by atoms with van der Waals surface area (Å²) in [6, 6.07) is 0. The van der Waals surface area contributed by atoms with Gasteiger partial charge in [-0.15, -0.1) is 11.8 Å². The van der Waals surface area contributed by atoms with E-state index in [0.29, 0.717) is 0 Å². The van der Waals surface area contributed by atoms with Crippen LogP contribution in [0.25, 0.3) is 0 Å². The highest BCUT2D eigenvalue weighted by Crippen LogP contribution is 2.32. The second-order valence-corrected chi connectivity index (χ2v) is 5.82. The van der Waals surface area contributed by atoms with Crippen molar-refractivity contribution < 1.29 is 0 Å². The number of rotatable bonds is 6. The van der Waals surface area contributed by atoms with Gasteiger partial charge in [0.25, 0.3) is 0 Å². The van der Waals surface area contributed by atoms with Crippen molar-refractivity contribution >= 4 is 0 Å². The Bertz CT molecular complexity index is 246. The zero-order valence-corrected chi connectivity index (χ0v) is 11.9. The second kappa shape index (κ2) is 8.59. The number of hydrogen-bond acceptors (Lipinski definition) is 1. The zero-order chi connectivity index (χ0) is 12.5. The molecular formula is C16H29N. The van der Waals surface area contributed by atoms with Gasteiger partial charge in [0.2, 0.25) is 0 Å². The Kier molecular flexibility index (Phi) is 7.37. The van der Waals surface area contributed by atoms with Crippen molar-refractivity contribution in [2.45, 2.75) is 59.3 Å². The van der Waals surface area contributed by atoms with Gasteiger partial charge in [0.05, 0.1) is 0 Å². The van der Waals surface area contributed by atoms with Gasteiger partial charge in [-0.2, -0.15) is 0 Å². The van der Waals surface area contributed by atoms with E-state index in [1.54, 1.807) is 0 Å². The fourth-order valence-corrected chi connectivity index (χ4v) is 2.87. The third kappa shape index (κ3) is 6.13. The highest BCUT2D eigenvalue weighted by Gasteiger charge is 2.23. The van der Waals surface area contributed by atoms with Gasteiger partial charge < -0.3 is 5.32 Å². The summed E-state index contributed by atoms with van der Waals surface area (Å²) in [5, 5.41) is 3.64. The van der Waals surface area contributed by atoms with E-state index >= 15 is 0 Å². The topological polar surface area (TPSA) is 12.0 Å². The molecule has 1 saturated carbocycles. The first-order valence-corrected chi connectivity index (χ1v) is 7.34.